The second kappa shape index (κ2) is 9.47. The fourth-order valence-corrected chi connectivity index (χ4v) is 5.28. The molecule has 2 atom stereocenters. The predicted molar refractivity (Wildman–Crippen MR) is 108 cm³/mol. The smallest absolute Gasteiger partial charge is 0.469 e. The van der Waals surface area contributed by atoms with Crippen molar-refractivity contribution in [1.29, 1.82) is 0 Å². The largest absolute Gasteiger partial charge is 0.470 e. The molecule has 0 saturated carbocycles. The highest BCUT2D eigenvalue weighted by Crippen LogP contribution is 2.54. The van der Waals surface area contributed by atoms with E-state index in [1.54, 1.807) is 0 Å². The predicted octanol–water partition coefficient (Wildman–Crippen LogP) is 3.24. The third kappa shape index (κ3) is 5.21. The quantitative estimate of drug-likeness (QED) is 0.464. The molecule has 1 aliphatic heterocycles. The lowest BCUT2D eigenvalue weighted by atomic mass is 9.69. The number of phosphoric ester groups is 1. The van der Waals surface area contributed by atoms with Gasteiger partial charge < -0.3 is 19.3 Å². The summed E-state index contributed by atoms with van der Waals surface area (Å²) >= 11 is 0. The molecule has 1 amide bonds. The summed E-state index contributed by atoms with van der Waals surface area (Å²) in [5.74, 6) is -0.999. The van der Waals surface area contributed by atoms with E-state index in [4.69, 9.17) is 14.0 Å². The van der Waals surface area contributed by atoms with Crippen LogP contribution in [0.5, 0.6) is 0 Å². The van der Waals surface area contributed by atoms with Crippen molar-refractivity contribution in [3.63, 3.8) is 0 Å². The van der Waals surface area contributed by atoms with Crippen LogP contribution in [0.15, 0.2) is 30.3 Å². The Morgan fingerprint density at radius 2 is 1.90 bits per heavy atom. The second-order valence-electron chi connectivity index (χ2n) is 7.94. The Morgan fingerprint density at radius 3 is 2.43 bits per heavy atom. The Balaban J connectivity index is 2.40. The average molecular weight is 443 g/mol. The van der Waals surface area contributed by atoms with Crippen molar-refractivity contribution in [3.05, 3.63) is 35.9 Å². The Hall–Kier alpha value is -1.93. The zero-order chi connectivity index (χ0) is 22.6. The summed E-state index contributed by atoms with van der Waals surface area (Å²) in [5.41, 5.74) is -2.07. The fourth-order valence-electron chi connectivity index (χ4n) is 4.53. The van der Waals surface area contributed by atoms with Gasteiger partial charge in [-0.1, -0.05) is 44.2 Å². The Labute approximate surface area is 176 Å². The van der Waals surface area contributed by atoms with E-state index in [9.17, 15) is 23.9 Å². The number of phosphoric acid groups is 1. The molecular weight excluding hydrogens is 413 g/mol. The van der Waals surface area contributed by atoms with Crippen LogP contribution >= 0.6 is 7.82 Å². The van der Waals surface area contributed by atoms with Crippen molar-refractivity contribution >= 4 is 19.9 Å². The first kappa shape index (κ1) is 24.3. The molecule has 1 aromatic rings. The number of hydrogen-bond donors (Lipinski definition) is 2. The van der Waals surface area contributed by atoms with Crippen molar-refractivity contribution in [2.45, 2.75) is 57.8 Å². The number of amides is 1. The number of rotatable bonds is 8. The first-order chi connectivity index (χ1) is 13.9. The van der Waals surface area contributed by atoms with Crippen molar-refractivity contribution < 1.29 is 37.9 Å². The number of carbonyl (C=O) groups excluding carboxylic acids is 2. The molecule has 0 aromatic heterocycles. The Bertz CT molecular complexity index is 795. The van der Waals surface area contributed by atoms with Gasteiger partial charge in [0.1, 0.15) is 12.2 Å². The highest BCUT2D eigenvalue weighted by molar-refractivity contribution is 7.46. The van der Waals surface area contributed by atoms with E-state index in [1.807, 2.05) is 44.2 Å². The summed E-state index contributed by atoms with van der Waals surface area (Å²) in [6.07, 6.45) is -0.108. The normalized spacial score (nSPS) is 21.4. The topological polar surface area (TPSA) is 123 Å². The fraction of sp³-hybridized carbons (Fsp3) is 0.600. The maximum absolute atomic E-state index is 13.0. The van der Waals surface area contributed by atoms with Crippen LogP contribution in [0.2, 0.25) is 0 Å². The number of ether oxygens (including phenoxy) is 2. The van der Waals surface area contributed by atoms with Gasteiger partial charge in [-0.15, -0.1) is 0 Å². The van der Waals surface area contributed by atoms with Crippen molar-refractivity contribution in [1.82, 2.24) is 4.90 Å². The molecule has 10 heteroatoms. The van der Waals surface area contributed by atoms with Crippen LogP contribution in [-0.2, 0) is 30.0 Å². The molecule has 2 N–H and O–H groups in total. The van der Waals surface area contributed by atoms with E-state index in [1.165, 1.54) is 18.9 Å². The molecule has 0 bridgehead atoms. The highest BCUT2D eigenvalue weighted by Gasteiger charge is 2.61. The Morgan fingerprint density at radius 1 is 1.27 bits per heavy atom. The lowest BCUT2D eigenvalue weighted by Gasteiger charge is -2.52. The minimum Gasteiger partial charge on any atom is -0.469 e. The van der Waals surface area contributed by atoms with Gasteiger partial charge >= 0.3 is 19.9 Å². The van der Waals surface area contributed by atoms with Crippen molar-refractivity contribution in [2.24, 2.45) is 5.92 Å². The maximum atomic E-state index is 13.0. The minimum absolute atomic E-state index is 0.0530. The summed E-state index contributed by atoms with van der Waals surface area (Å²) < 4.78 is 27.3. The summed E-state index contributed by atoms with van der Waals surface area (Å²) in [6, 6.07) is 9.17. The zero-order valence-electron chi connectivity index (χ0n) is 17.7. The molecule has 1 aliphatic rings. The molecule has 1 aromatic carbocycles. The lowest BCUT2D eigenvalue weighted by molar-refractivity contribution is -0.154. The summed E-state index contributed by atoms with van der Waals surface area (Å²) in [5, 5.41) is 0. The number of esters is 1. The van der Waals surface area contributed by atoms with Gasteiger partial charge in [0, 0.05) is 6.54 Å². The number of nitrogens with zero attached hydrogens (tertiary/aromatic N) is 1. The average Bonchev–Trinajstić information content (AvgIpc) is 3.12. The molecule has 0 radical (unpaired) electrons. The van der Waals surface area contributed by atoms with Crippen LogP contribution in [0.3, 0.4) is 0 Å². The number of methoxy groups -OCH3 is 1. The molecular formula is C20H30NO8P. The molecule has 1 heterocycles. The van der Waals surface area contributed by atoms with Crippen molar-refractivity contribution in [2.75, 3.05) is 13.7 Å². The van der Waals surface area contributed by atoms with E-state index in [2.05, 4.69) is 0 Å². The van der Waals surface area contributed by atoms with Crippen LogP contribution in [0.25, 0.3) is 0 Å². The monoisotopic (exact) mass is 443 g/mol. The third-order valence-corrected chi connectivity index (χ3v) is 6.39. The molecule has 9 nitrogen and oxygen atoms in total. The van der Waals surface area contributed by atoms with Gasteiger partial charge in [-0.3, -0.25) is 14.2 Å². The van der Waals surface area contributed by atoms with Gasteiger partial charge in [0.05, 0.1) is 19.1 Å². The minimum atomic E-state index is -5.00. The van der Waals surface area contributed by atoms with E-state index in [0.717, 1.165) is 5.56 Å². The summed E-state index contributed by atoms with van der Waals surface area (Å²) in [4.78, 5) is 45.8. The Kier molecular flexibility index (Phi) is 7.69. The SMILES string of the molecule is COC(=O)CC(C)(OP(=O)(O)O)C1(C(C)C)CCCN1C(=O)OCc1ccccc1. The van der Waals surface area contributed by atoms with Crippen LogP contribution in [0.4, 0.5) is 4.79 Å². The third-order valence-electron chi connectivity index (χ3n) is 5.75. The van der Waals surface area contributed by atoms with Gasteiger partial charge in [0.15, 0.2) is 0 Å². The van der Waals surface area contributed by atoms with Crippen LogP contribution < -0.4 is 0 Å². The van der Waals surface area contributed by atoms with E-state index in [0.29, 0.717) is 19.4 Å². The van der Waals surface area contributed by atoms with Gasteiger partial charge in [0.25, 0.3) is 0 Å². The van der Waals surface area contributed by atoms with Crippen LogP contribution in [-0.4, -0.2) is 51.5 Å². The summed E-state index contributed by atoms with van der Waals surface area (Å²) in [6.45, 7) is 5.44. The molecule has 1 fully saturated rings. The number of carbonyl (C=O) groups is 2. The lowest BCUT2D eigenvalue weighted by Crippen LogP contribution is -2.66. The van der Waals surface area contributed by atoms with E-state index in [-0.39, 0.29) is 12.5 Å². The summed E-state index contributed by atoms with van der Waals surface area (Å²) in [7, 11) is -3.81. The molecule has 0 spiro atoms. The first-order valence-corrected chi connectivity index (χ1v) is 11.3. The van der Waals surface area contributed by atoms with Gasteiger partial charge in [-0.2, -0.15) is 0 Å². The maximum Gasteiger partial charge on any atom is 0.470 e. The van der Waals surface area contributed by atoms with Gasteiger partial charge in [-0.05, 0) is 31.2 Å². The number of benzene rings is 1. The number of hydrogen-bond acceptors (Lipinski definition) is 6. The first-order valence-electron chi connectivity index (χ1n) is 9.76. The van der Waals surface area contributed by atoms with E-state index >= 15 is 0 Å². The standard InChI is InChI=1S/C20H30NO8P/c1-15(2)20(19(3,13-17(22)27-4)29-30(24,25)26)11-8-12-21(20)18(23)28-14-16-9-6-5-7-10-16/h5-7,9-10,15H,8,11-14H2,1-4H3,(H2,24,25,26). The van der Waals surface area contributed by atoms with Crippen LogP contribution in [0.1, 0.15) is 45.6 Å². The van der Waals surface area contributed by atoms with Gasteiger partial charge in [0.2, 0.25) is 0 Å². The number of likely N-dealkylation sites (tertiary alicyclic amines) is 1. The molecule has 168 valence electrons. The molecule has 30 heavy (non-hydrogen) atoms. The molecule has 0 aliphatic carbocycles. The second-order valence-corrected chi connectivity index (χ2v) is 9.10. The van der Waals surface area contributed by atoms with Crippen LogP contribution in [0, 0.1) is 5.92 Å². The zero-order valence-corrected chi connectivity index (χ0v) is 18.6. The highest BCUT2D eigenvalue weighted by atomic mass is 31.2. The molecule has 1 saturated heterocycles. The molecule has 2 rings (SSSR count). The molecule has 2 unspecified atom stereocenters. The van der Waals surface area contributed by atoms with Crippen molar-refractivity contribution in [3.8, 4) is 0 Å². The van der Waals surface area contributed by atoms with E-state index < -0.39 is 37.4 Å². The van der Waals surface area contributed by atoms with Gasteiger partial charge in [-0.25, -0.2) is 9.36 Å².